The van der Waals surface area contributed by atoms with Gasteiger partial charge in [0.1, 0.15) is 4.88 Å². The highest BCUT2D eigenvalue weighted by molar-refractivity contribution is 7.89. The summed E-state index contributed by atoms with van der Waals surface area (Å²) in [6, 6.07) is 1.11. The molecule has 0 bridgehead atoms. The first kappa shape index (κ1) is 14.1. The van der Waals surface area contributed by atoms with E-state index in [0.717, 1.165) is 21.7 Å². The van der Waals surface area contributed by atoms with Crippen LogP contribution in [0.25, 0.3) is 0 Å². The number of carboxylic acid groups (broad SMARTS) is 1. The molecular weight excluding hydrogens is 266 g/mol. The zero-order chi connectivity index (χ0) is 13.2. The Morgan fingerprint density at radius 3 is 2.59 bits per heavy atom. The lowest BCUT2D eigenvalue weighted by Gasteiger charge is -2.17. The summed E-state index contributed by atoms with van der Waals surface area (Å²) >= 11 is 0.853. The van der Waals surface area contributed by atoms with Gasteiger partial charge < -0.3 is 10.2 Å². The summed E-state index contributed by atoms with van der Waals surface area (Å²) in [4.78, 5) is 10.6. The number of nitrogens with zero attached hydrogens (tertiary/aromatic N) is 1. The van der Waals surface area contributed by atoms with Crippen molar-refractivity contribution >= 4 is 27.3 Å². The van der Waals surface area contributed by atoms with E-state index >= 15 is 0 Å². The van der Waals surface area contributed by atoms with E-state index in [-0.39, 0.29) is 16.3 Å². The van der Waals surface area contributed by atoms with E-state index in [9.17, 15) is 13.2 Å². The molecule has 1 unspecified atom stereocenters. The molecule has 1 rings (SSSR count). The number of aliphatic hydroxyl groups is 1. The molecule has 8 heteroatoms. The first-order valence-electron chi connectivity index (χ1n) is 4.71. The van der Waals surface area contributed by atoms with Crippen LogP contribution < -0.4 is 0 Å². The van der Waals surface area contributed by atoms with Crippen LogP contribution in [0.3, 0.4) is 0 Å². The standard InChI is InChI=1S/C9H13NO5S2/c1-6(11)4-10(2)17(14,15)7-3-8(9(12)13)16-5-7/h3,5-6,11H,4H2,1-2H3,(H,12,13). The van der Waals surface area contributed by atoms with E-state index in [1.165, 1.54) is 19.4 Å². The summed E-state index contributed by atoms with van der Waals surface area (Å²) in [7, 11) is -2.39. The van der Waals surface area contributed by atoms with Gasteiger partial charge in [-0.2, -0.15) is 4.31 Å². The zero-order valence-electron chi connectivity index (χ0n) is 9.32. The molecule has 6 nitrogen and oxygen atoms in total. The number of aliphatic hydroxyl groups excluding tert-OH is 1. The number of carboxylic acids is 1. The normalized spacial score (nSPS) is 13.9. The molecule has 17 heavy (non-hydrogen) atoms. The molecule has 0 aromatic carbocycles. The molecule has 96 valence electrons. The van der Waals surface area contributed by atoms with Gasteiger partial charge in [-0.05, 0) is 13.0 Å². The third-order valence-electron chi connectivity index (χ3n) is 2.02. The summed E-state index contributed by atoms with van der Waals surface area (Å²) in [5.41, 5.74) is 0. The summed E-state index contributed by atoms with van der Waals surface area (Å²) in [5.74, 6) is -1.16. The van der Waals surface area contributed by atoms with Crippen molar-refractivity contribution in [2.24, 2.45) is 0 Å². The first-order chi connectivity index (χ1) is 7.75. The fraction of sp³-hybridized carbons (Fsp3) is 0.444. The largest absolute Gasteiger partial charge is 0.477 e. The third kappa shape index (κ3) is 3.25. The van der Waals surface area contributed by atoms with Crippen molar-refractivity contribution in [3.63, 3.8) is 0 Å². The summed E-state index contributed by atoms with van der Waals surface area (Å²) in [6.07, 6.45) is -0.785. The fourth-order valence-electron chi connectivity index (χ4n) is 1.22. The van der Waals surface area contributed by atoms with Gasteiger partial charge in [0.25, 0.3) is 0 Å². The van der Waals surface area contributed by atoms with Gasteiger partial charge in [0, 0.05) is 19.0 Å². The predicted molar refractivity (Wildman–Crippen MR) is 62.8 cm³/mol. The first-order valence-corrected chi connectivity index (χ1v) is 7.03. The van der Waals surface area contributed by atoms with Gasteiger partial charge in [-0.25, -0.2) is 13.2 Å². The molecule has 1 aromatic rings. The highest BCUT2D eigenvalue weighted by Gasteiger charge is 2.24. The van der Waals surface area contributed by atoms with Gasteiger partial charge >= 0.3 is 5.97 Å². The van der Waals surface area contributed by atoms with Crippen molar-refractivity contribution in [1.29, 1.82) is 0 Å². The molecule has 1 heterocycles. The molecular formula is C9H13NO5S2. The number of hydrogen-bond acceptors (Lipinski definition) is 5. The molecule has 0 radical (unpaired) electrons. The van der Waals surface area contributed by atoms with Crippen LogP contribution in [-0.4, -0.2) is 48.6 Å². The number of rotatable bonds is 5. The predicted octanol–water partition coefficient (Wildman–Crippen LogP) is 0.448. The second kappa shape index (κ2) is 5.13. The highest BCUT2D eigenvalue weighted by atomic mass is 32.2. The molecule has 1 aromatic heterocycles. The summed E-state index contributed by atoms with van der Waals surface area (Å²) in [6.45, 7) is 1.43. The Labute approximate surface area is 103 Å². The molecule has 0 spiro atoms. The van der Waals surface area contributed by atoms with E-state index in [2.05, 4.69) is 0 Å². The van der Waals surface area contributed by atoms with Crippen LogP contribution in [0.1, 0.15) is 16.6 Å². The van der Waals surface area contributed by atoms with E-state index in [1.54, 1.807) is 0 Å². The number of likely N-dealkylation sites (N-methyl/N-ethyl adjacent to an activating group) is 1. The van der Waals surface area contributed by atoms with Crippen molar-refractivity contribution in [1.82, 2.24) is 4.31 Å². The zero-order valence-corrected chi connectivity index (χ0v) is 11.0. The lowest BCUT2D eigenvalue weighted by molar-refractivity contribution is 0.0702. The Bertz CT molecular complexity index is 505. The molecule has 0 amide bonds. The minimum atomic E-state index is -3.73. The molecule has 0 aliphatic rings. The second-order valence-electron chi connectivity index (χ2n) is 3.59. The van der Waals surface area contributed by atoms with Crippen LogP contribution in [0, 0.1) is 0 Å². The number of sulfonamides is 1. The van der Waals surface area contributed by atoms with Crippen molar-refractivity contribution in [2.45, 2.75) is 17.9 Å². The fourth-order valence-corrected chi connectivity index (χ4v) is 3.57. The Balaban J connectivity index is 3.00. The van der Waals surface area contributed by atoms with Crippen LogP contribution in [0.15, 0.2) is 16.3 Å². The molecule has 0 aliphatic heterocycles. The quantitative estimate of drug-likeness (QED) is 0.816. The van der Waals surface area contributed by atoms with Crippen LogP contribution in [-0.2, 0) is 10.0 Å². The van der Waals surface area contributed by atoms with Gasteiger partial charge in [-0.1, -0.05) is 0 Å². The molecule has 0 saturated heterocycles. The Kier molecular flexibility index (Phi) is 4.26. The van der Waals surface area contributed by atoms with Crippen LogP contribution in [0.4, 0.5) is 0 Å². The Hall–Kier alpha value is -0.960. The molecule has 1 atom stereocenters. The summed E-state index contributed by atoms with van der Waals surface area (Å²) < 4.78 is 24.9. The SMILES string of the molecule is CC(O)CN(C)S(=O)(=O)c1csc(C(=O)O)c1. The Morgan fingerprint density at radius 2 is 2.18 bits per heavy atom. The van der Waals surface area contributed by atoms with Gasteiger partial charge in [-0.15, -0.1) is 11.3 Å². The van der Waals surface area contributed by atoms with Crippen LogP contribution >= 0.6 is 11.3 Å². The van der Waals surface area contributed by atoms with E-state index in [4.69, 9.17) is 10.2 Å². The van der Waals surface area contributed by atoms with E-state index < -0.39 is 22.1 Å². The van der Waals surface area contributed by atoms with Gasteiger partial charge in [-0.3, -0.25) is 0 Å². The Morgan fingerprint density at radius 1 is 1.59 bits per heavy atom. The van der Waals surface area contributed by atoms with Gasteiger partial charge in [0.2, 0.25) is 10.0 Å². The number of aromatic carboxylic acids is 1. The lowest BCUT2D eigenvalue weighted by Crippen LogP contribution is -2.32. The summed E-state index contributed by atoms with van der Waals surface area (Å²) in [5, 5.41) is 19.1. The number of carbonyl (C=O) groups is 1. The minimum absolute atomic E-state index is 0.0333. The van der Waals surface area contributed by atoms with Crippen molar-refractivity contribution in [3.05, 3.63) is 16.3 Å². The molecule has 0 saturated carbocycles. The second-order valence-corrected chi connectivity index (χ2v) is 6.54. The van der Waals surface area contributed by atoms with Crippen LogP contribution in [0.5, 0.6) is 0 Å². The van der Waals surface area contributed by atoms with E-state index in [0.29, 0.717) is 0 Å². The lowest BCUT2D eigenvalue weighted by atomic mass is 10.4. The van der Waals surface area contributed by atoms with Gasteiger partial charge in [0.05, 0.1) is 11.0 Å². The average Bonchev–Trinajstić information content (AvgIpc) is 2.65. The van der Waals surface area contributed by atoms with Crippen molar-refractivity contribution in [2.75, 3.05) is 13.6 Å². The minimum Gasteiger partial charge on any atom is -0.477 e. The number of hydrogen-bond donors (Lipinski definition) is 2. The van der Waals surface area contributed by atoms with Crippen LogP contribution in [0.2, 0.25) is 0 Å². The van der Waals surface area contributed by atoms with Crippen molar-refractivity contribution in [3.8, 4) is 0 Å². The average molecular weight is 279 g/mol. The maximum absolute atomic E-state index is 11.9. The number of thiophene rings is 1. The third-order valence-corrected chi connectivity index (χ3v) is 4.88. The monoisotopic (exact) mass is 279 g/mol. The topological polar surface area (TPSA) is 94.9 Å². The smallest absolute Gasteiger partial charge is 0.345 e. The molecule has 0 fully saturated rings. The maximum atomic E-state index is 11.9. The molecule has 2 N–H and O–H groups in total. The van der Waals surface area contributed by atoms with Gasteiger partial charge in [0.15, 0.2) is 0 Å². The van der Waals surface area contributed by atoms with Crippen molar-refractivity contribution < 1.29 is 23.4 Å². The molecule has 0 aliphatic carbocycles. The maximum Gasteiger partial charge on any atom is 0.345 e. The highest BCUT2D eigenvalue weighted by Crippen LogP contribution is 2.22. The van der Waals surface area contributed by atoms with E-state index in [1.807, 2.05) is 0 Å².